The lowest BCUT2D eigenvalue weighted by atomic mass is 9.95. The molecule has 5 heteroatoms. The minimum atomic E-state index is 0.624. The summed E-state index contributed by atoms with van der Waals surface area (Å²) in [6.45, 7) is 8.45. The van der Waals surface area contributed by atoms with Crippen LogP contribution in [0.5, 0.6) is 0 Å². The quantitative estimate of drug-likeness (QED) is 0.786. The zero-order valence-electron chi connectivity index (χ0n) is 9.81. The van der Waals surface area contributed by atoms with E-state index < -0.39 is 0 Å². The maximum absolute atomic E-state index is 5.00. The fourth-order valence-electron chi connectivity index (χ4n) is 3.05. The lowest BCUT2D eigenvalue weighted by Gasteiger charge is -2.22. The summed E-state index contributed by atoms with van der Waals surface area (Å²) in [5.74, 6) is 3.08. The molecule has 0 radical (unpaired) electrons. The predicted octanol–water partition coefficient (Wildman–Crippen LogP) is 0.418. The number of nitrogens with zero attached hydrogens (tertiary/aromatic N) is 3. The molecule has 2 aliphatic heterocycles. The molecule has 2 saturated heterocycles. The van der Waals surface area contributed by atoms with Gasteiger partial charge >= 0.3 is 0 Å². The van der Waals surface area contributed by atoms with Crippen molar-refractivity contribution in [3.63, 3.8) is 0 Å². The van der Waals surface area contributed by atoms with Gasteiger partial charge in [-0.25, -0.2) is 0 Å². The molecule has 5 nitrogen and oxygen atoms in total. The van der Waals surface area contributed by atoms with Crippen LogP contribution in [0, 0.1) is 18.8 Å². The molecular formula is C11H18N4O. The van der Waals surface area contributed by atoms with Gasteiger partial charge in [-0.3, -0.25) is 4.90 Å². The smallest absolute Gasteiger partial charge is 0.223 e. The summed E-state index contributed by atoms with van der Waals surface area (Å²) in [6, 6.07) is 0.624. The summed E-state index contributed by atoms with van der Waals surface area (Å²) < 4.78 is 5.00. The Bertz CT molecular complexity index is 378. The van der Waals surface area contributed by atoms with E-state index in [0.717, 1.165) is 43.8 Å². The maximum atomic E-state index is 5.00. The van der Waals surface area contributed by atoms with Gasteiger partial charge in [0.05, 0.1) is 6.54 Å². The molecule has 2 fully saturated rings. The third-order valence-electron chi connectivity index (χ3n) is 3.97. The molecule has 88 valence electrons. The van der Waals surface area contributed by atoms with E-state index in [1.807, 2.05) is 6.92 Å². The molecule has 1 N–H and O–H groups in total. The molecule has 1 aromatic rings. The lowest BCUT2D eigenvalue weighted by molar-refractivity contribution is 0.222. The van der Waals surface area contributed by atoms with Crippen molar-refractivity contribution in [2.24, 2.45) is 11.8 Å². The first-order chi connectivity index (χ1) is 7.74. The Balaban J connectivity index is 1.68. The Morgan fingerprint density at radius 1 is 1.50 bits per heavy atom. The molecule has 3 atom stereocenters. The van der Waals surface area contributed by atoms with E-state index in [4.69, 9.17) is 4.52 Å². The summed E-state index contributed by atoms with van der Waals surface area (Å²) in [5, 5.41) is 7.43. The van der Waals surface area contributed by atoms with E-state index in [9.17, 15) is 0 Å². The predicted molar refractivity (Wildman–Crippen MR) is 58.8 cm³/mol. The molecule has 0 aromatic carbocycles. The monoisotopic (exact) mass is 222 g/mol. The number of likely N-dealkylation sites (tertiary alicyclic amines) is 1. The molecule has 3 rings (SSSR count). The van der Waals surface area contributed by atoms with E-state index in [1.165, 1.54) is 0 Å². The van der Waals surface area contributed by atoms with Gasteiger partial charge in [0.15, 0.2) is 5.82 Å². The lowest BCUT2D eigenvalue weighted by Crippen LogP contribution is -2.33. The van der Waals surface area contributed by atoms with E-state index >= 15 is 0 Å². The highest BCUT2D eigenvalue weighted by Crippen LogP contribution is 2.32. The Hall–Kier alpha value is -0.940. The molecule has 1 aromatic heterocycles. The van der Waals surface area contributed by atoms with Gasteiger partial charge < -0.3 is 9.84 Å². The second kappa shape index (κ2) is 3.82. The molecule has 0 aliphatic carbocycles. The minimum absolute atomic E-state index is 0.624. The number of aryl methyl sites for hydroxylation is 1. The number of nitrogens with one attached hydrogen (secondary N) is 1. The first-order valence-electron chi connectivity index (χ1n) is 5.98. The Labute approximate surface area is 95.2 Å². The molecule has 0 saturated carbocycles. The van der Waals surface area contributed by atoms with Crippen LogP contribution in [0.25, 0.3) is 0 Å². The van der Waals surface area contributed by atoms with Crippen molar-refractivity contribution in [1.82, 2.24) is 20.4 Å². The molecule has 0 amide bonds. The molecular weight excluding hydrogens is 204 g/mol. The number of hydrogen-bond donors (Lipinski definition) is 1. The van der Waals surface area contributed by atoms with Gasteiger partial charge in [-0.1, -0.05) is 5.16 Å². The number of rotatable bonds is 2. The van der Waals surface area contributed by atoms with Crippen LogP contribution in [0.4, 0.5) is 0 Å². The molecule has 2 aliphatic rings. The maximum Gasteiger partial charge on any atom is 0.223 e. The van der Waals surface area contributed by atoms with Crippen LogP contribution in [0.2, 0.25) is 0 Å². The van der Waals surface area contributed by atoms with Crippen LogP contribution in [-0.4, -0.2) is 40.7 Å². The third-order valence-corrected chi connectivity index (χ3v) is 3.97. The van der Waals surface area contributed by atoms with Crippen molar-refractivity contribution in [3.8, 4) is 0 Å². The van der Waals surface area contributed by atoms with Crippen LogP contribution in [0.3, 0.4) is 0 Å². The average Bonchev–Trinajstić information content (AvgIpc) is 2.90. The third kappa shape index (κ3) is 1.64. The number of aromatic nitrogens is 2. The van der Waals surface area contributed by atoms with Crippen LogP contribution < -0.4 is 5.32 Å². The highest BCUT2D eigenvalue weighted by atomic mass is 16.5. The molecule has 0 spiro atoms. The molecule has 0 bridgehead atoms. The minimum Gasteiger partial charge on any atom is -0.340 e. The fraction of sp³-hybridized carbons (Fsp3) is 0.818. The standard InChI is InChI=1S/C11H18N4O/c1-7-10-4-12-3-9(10)5-15(7)6-11-13-8(2)16-14-11/h7,9-10,12H,3-6H2,1-2H3. The number of fused-ring (bicyclic) bond motifs is 1. The van der Waals surface area contributed by atoms with Gasteiger partial charge in [0.1, 0.15) is 0 Å². The van der Waals surface area contributed by atoms with E-state index in [-0.39, 0.29) is 0 Å². The van der Waals surface area contributed by atoms with Gasteiger partial charge in [0.25, 0.3) is 0 Å². The summed E-state index contributed by atoms with van der Waals surface area (Å²) in [6.07, 6.45) is 0. The van der Waals surface area contributed by atoms with Crippen molar-refractivity contribution in [2.75, 3.05) is 19.6 Å². The first kappa shape index (κ1) is 10.2. The molecule has 3 unspecified atom stereocenters. The van der Waals surface area contributed by atoms with Gasteiger partial charge in [-0.2, -0.15) is 4.98 Å². The van der Waals surface area contributed by atoms with Crippen molar-refractivity contribution in [1.29, 1.82) is 0 Å². The van der Waals surface area contributed by atoms with Gasteiger partial charge in [-0.15, -0.1) is 0 Å². The first-order valence-corrected chi connectivity index (χ1v) is 5.98. The van der Waals surface area contributed by atoms with Crippen molar-refractivity contribution in [3.05, 3.63) is 11.7 Å². The van der Waals surface area contributed by atoms with Crippen LogP contribution in [0.15, 0.2) is 4.52 Å². The van der Waals surface area contributed by atoms with Gasteiger partial charge in [0, 0.05) is 19.5 Å². The highest BCUT2D eigenvalue weighted by molar-refractivity contribution is 4.98. The van der Waals surface area contributed by atoms with Crippen molar-refractivity contribution < 1.29 is 4.52 Å². The second-order valence-electron chi connectivity index (χ2n) is 4.98. The van der Waals surface area contributed by atoms with Crippen LogP contribution in [0.1, 0.15) is 18.6 Å². The van der Waals surface area contributed by atoms with Crippen LogP contribution in [-0.2, 0) is 6.54 Å². The molecule has 3 heterocycles. The second-order valence-corrected chi connectivity index (χ2v) is 4.98. The van der Waals surface area contributed by atoms with Gasteiger partial charge in [0.2, 0.25) is 5.89 Å². The zero-order chi connectivity index (χ0) is 11.1. The zero-order valence-corrected chi connectivity index (χ0v) is 9.81. The summed E-state index contributed by atoms with van der Waals surface area (Å²) in [5.41, 5.74) is 0. The largest absolute Gasteiger partial charge is 0.340 e. The van der Waals surface area contributed by atoms with Crippen molar-refractivity contribution in [2.45, 2.75) is 26.4 Å². The van der Waals surface area contributed by atoms with Gasteiger partial charge in [-0.05, 0) is 31.8 Å². The van der Waals surface area contributed by atoms with E-state index in [2.05, 4.69) is 27.3 Å². The Kier molecular flexibility index (Phi) is 2.44. The van der Waals surface area contributed by atoms with E-state index in [1.54, 1.807) is 0 Å². The number of hydrogen-bond acceptors (Lipinski definition) is 5. The van der Waals surface area contributed by atoms with E-state index in [0.29, 0.717) is 11.9 Å². The molecule has 16 heavy (non-hydrogen) atoms. The summed E-state index contributed by atoms with van der Waals surface area (Å²) >= 11 is 0. The Morgan fingerprint density at radius 2 is 2.38 bits per heavy atom. The van der Waals surface area contributed by atoms with Crippen molar-refractivity contribution >= 4 is 0 Å². The topological polar surface area (TPSA) is 54.2 Å². The SMILES string of the molecule is Cc1nc(CN2CC3CNCC3C2C)no1. The normalized spacial score (nSPS) is 34.5. The fourth-order valence-corrected chi connectivity index (χ4v) is 3.05. The average molecular weight is 222 g/mol. The Morgan fingerprint density at radius 3 is 3.06 bits per heavy atom. The van der Waals surface area contributed by atoms with Crippen LogP contribution >= 0.6 is 0 Å². The summed E-state index contributed by atoms with van der Waals surface area (Å²) in [4.78, 5) is 6.74. The highest BCUT2D eigenvalue weighted by Gasteiger charge is 2.41. The summed E-state index contributed by atoms with van der Waals surface area (Å²) in [7, 11) is 0.